The van der Waals surface area contributed by atoms with Crippen LogP contribution in [0.25, 0.3) is 0 Å². The molecule has 1 N–H and O–H groups in total. The van der Waals surface area contributed by atoms with Crippen molar-refractivity contribution in [3.63, 3.8) is 0 Å². The summed E-state index contributed by atoms with van der Waals surface area (Å²) in [5.41, 5.74) is 0.852. The predicted octanol–water partition coefficient (Wildman–Crippen LogP) is 1.89. The standard InChI is InChI=1S/C11H10ClNO4/c12-7-3-6(8-5-17-11(14)13-8)4-9-10(7)16-2-1-15-9/h3-4,8H,1-2,5H2,(H,13,14). The van der Waals surface area contributed by atoms with Gasteiger partial charge in [0.25, 0.3) is 0 Å². The first-order valence-corrected chi connectivity index (χ1v) is 5.64. The number of cyclic esters (lactones) is 1. The van der Waals surface area contributed by atoms with E-state index in [9.17, 15) is 4.79 Å². The summed E-state index contributed by atoms with van der Waals surface area (Å²) in [5, 5.41) is 3.17. The zero-order valence-electron chi connectivity index (χ0n) is 8.86. The molecule has 0 radical (unpaired) electrons. The van der Waals surface area contributed by atoms with Crippen molar-refractivity contribution in [2.75, 3.05) is 19.8 Å². The molecule has 1 atom stereocenters. The zero-order chi connectivity index (χ0) is 11.8. The summed E-state index contributed by atoms with van der Waals surface area (Å²) >= 11 is 6.10. The average molecular weight is 256 g/mol. The minimum absolute atomic E-state index is 0.184. The van der Waals surface area contributed by atoms with E-state index >= 15 is 0 Å². The molecule has 1 aromatic carbocycles. The Morgan fingerprint density at radius 1 is 1.24 bits per heavy atom. The van der Waals surface area contributed by atoms with Crippen LogP contribution in [0, 0.1) is 0 Å². The highest BCUT2D eigenvalue weighted by molar-refractivity contribution is 6.32. The fraction of sp³-hybridized carbons (Fsp3) is 0.364. The number of carbonyl (C=O) groups excluding carboxylic acids is 1. The van der Waals surface area contributed by atoms with Crippen LogP contribution in [-0.2, 0) is 4.74 Å². The maximum atomic E-state index is 11.0. The summed E-state index contributed by atoms with van der Waals surface area (Å²) in [6.07, 6.45) is -0.416. The van der Waals surface area contributed by atoms with Crippen LogP contribution >= 0.6 is 11.6 Å². The lowest BCUT2D eigenvalue weighted by Crippen LogP contribution is -2.20. The number of benzene rings is 1. The number of carbonyl (C=O) groups is 1. The largest absolute Gasteiger partial charge is 0.486 e. The Bertz CT molecular complexity index is 477. The molecule has 6 heteroatoms. The van der Waals surface area contributed by atoms with Gasteiger partial charge in [0.05, 0.1) is 11.1 Å². The van der Waals surface area contributed by atoms with Gasteiger partial charge in [0, 0.05) is 0 Å². The van der Waals surface area contributed by atoms with Crippen LogP contribution in [0.5, 0.6) is 11.5 Å². The molecular formula is C11H10ClNO4. The molecule has 1 aromatic rings. The van der Waals surface area contributed by atoms with Crippen molar-refractivity contribution in [3.05, 3.63) is 22.7 Å². The lowest BCUT2D eigenvalue weighted by Gasteiger charge is -2.21. The fourth-order valence-corrected chi connectivity index (χ4v) is 2.17. The van der Waals surface area contributed by atoms with Gasteiger partial charge in [0.1, 0.15) is 19.8 Å². The number of hydrogen-bond acceptors (Lipinski definition) is 4. The van der Waals surface area contributed by atoms with Gasteiger partial charge in [0.15, 0.2) is 11.5 Å². The van der Waals surface area contributed by atoms with E-state index in [-0.39, 0.29) is 6.04 Å². The molecule has 0 saturated carbocycles. The number of rotatable bonds is 1. The van der Waals surface area contributed by atoms with Crippen molar-refractivity contribution in [2.24, 2.45) is 0 Å². The molecule has 0 spiro atoms. The van der Waals surface area contributed by atoms with Gasteiger partial charge in [0.2, 0.25) is 0 Å². The second-order valence-corrected chi connectivity index (χ2v) is 4.23. The third kappa shape index (κ3) is 1.86. The van der Waals surface area contributed by atoms with Crippen LogP contribution < -0.4 is 14.8 Å². The molecule has 2 aliphatic rings. The van der Waals surface area contributed by atoms with E-state index < -0.39 is 6.09 Å². The summed E-state index contributed by atoms with van der Waals surface area (Å²) in [6, 6.07) is 3.39. The van der Waals surface area contributed by atoms with Crippen LogP contribution in [0.1, 0.15) is 11.6 Å². The molecule has 0 aromatic heterocycles. The molecular weight excluding hydrogens is 246 g/mol. The summed E-state index contributed by atoms with van der Waals surface area (Å²) in [6.45, 7) is 1.30. The number of amides is 1. The highest BCUT2D eigenvalue weighted by Crippen LogP contribution is 2.40. The number of nitrogens with one attached hydrogen (secondary N) is 1. The Kier molecular flexibility index (Phi) is 2.48. The topological polar surface area (TPSA) is 56.8 Å². The second-order valence-electron chi connectivity index (χ2n) is 3.82. The molecule has 0 aliphatic carbocycles. The van der Waals surface area contributed by atoms with E-state index in [0.29, 0.717) is 36.3 Å². The molecule has 2 aliphatic heterocycles. The monoisotopic (exact) mass is 255 g/mol. The molecule has 3 rings (SSSR count). The van der Waals surface area contributed by atoms with Crippen LogP contribution in [0.4, 0.5) is 4.79 Å². The van der Waals surface area contributed by atoms with Gasteiger partial charge in [-0.2, -0.15) is 0 Å². The Morgan fingerprint density at radius 2 is 2.06 bits per heavy atom. The van der Waals surface area contributed by atoms with Gasteiger partial charge in [-0.1, -0.05) is 11.6 Å². The van der Waals surface area contributed by atoms with Gasteiger partial charge >= 0.3 is 6.09 Å². The lowest BCUT2D eigenvalue weighted by molar-refractivity contribution is 0.171. The molecule has 5 nitrogen and oxygen atoms in total. The Balaban J connectivity index is 1.96. The minimum atomic E-state index is -0.416. The third-order valence-electron chi connectivity index (χ3n) is 2.69. The molecule has 1 amide bonds. The van der Waals surface area contributed by atoms with Crippen LogP contribution in [0.15, 0.2) is 12.1 Å². The van der Waals surface area contributed by atoms with E-state index in [1.165, 1.54) is 0 Å². The fourth-order valence-electron chi connectivity index (χ4n) is 1.90. The number of fused-ring (bicyclic) bond motifs is 1. The molecule has 2 heterocycles. The molecule has 1 fully saturated rings. The van der Waals surface area contributed by atoms with Gasteiger partial charge in [-0.05, 0) is 17.7 Å². The Labute approximate surface area is 103 Å². The number of ether oxygens (including phenoxy) is 3. The Morgan fingerprint density at radius 3 is 2.82 bits per heavy atom. The van der Waals surface area contributed by atoms with Crippen LogP contribution in [0.2, 0.25) is 5.02 Å². The van der Waals surface area contributed by atoms with E-state index in [1.54, 1.807) is 6.07 Å². The molecule has 1 unspecified atom stereocenters. The highest BCUT2D eigenvalue weighted by atomic mass is 35.5. The van der Waals surface area contributed by atoms with Crippen molar-refractivity contribution in [2.45, 2.75) is 6.04 Å². The maximum Gasteiger partial charge on any atom is 0.407 e. The van der Waals surface area contributed by atoms with Crippen molar-refractivity contribution < 1.29 is 19.0 Å². The summed E-state index contributed by atoms with van der Waals surface area (Å²) < 4.78 is 15.7. The summed E-state index contributed by atoms with van der Waals surface area (Å²) in [4.78, 5) is 11.0. The normalized spacial score (nSPS) is 21.9. The van der Waals surface area contributed by atoms with Gasteiger partial charge < -0.3 is 19.5 Å². The van der Waals surface area contributed by atoms with Crippen molar-refractivity contribution >= 4 is 17.7 Å². The second kappa shape index (κ2) is 4.00. The predicted molar refractivity (Wildman–Crippen MR) is 59.7 cm³/mol. The first kappa shape index (κ1) is 10.5. The van der Waals surface area contributed by atoms with Crippen molar-refractivity contribution in [1.29, 1.82) is 0 Å². The maximum absolute atomic E-state index is 11.0. The van der Waals surface area contributed by atoms with Crippen LogP contribution in [-0.4, -0.2) is 25.9 Å². The van der Waals surface area contributed by atoms with E-state index in [4.69, 9.17) is 25.8 Å². The van der Waals surface area contributed by atoms with Crippen LogP contribution in [0.3, 0.4) is 0 Å². The summed E-state index contributed by atoms with van der Waals surface area (Å²) in [7, 11) is 0. The first-order chi connectivity index (χ1) is 8.24. The van der Waals surface area contributed by atoms with Gasteiger partial charge in [-0.15, -0.1) is 0 Å². The minimum Gasteiger partial charge on any atom is -0.486 e. The number of halogens is 1. The smallest absolute Gasteiger partial charge is 0.407 e. The number of hydrogen-bond donors (Lipinski definition) is 1. The zero-order valence-corrected chi connectivity index (χ0v) is 9.62. The van der Waals surface area contributed by atoms with Crippen molar-refractivity contribution in [3.8, 4) is 11.5 Å². The van der Waals surface area contributed by atoms with E-state index in [0.717, 1.165) is 5.56 Å². The number of alkyl carbamates (subject to hydrolysis) is 1. The van der Waals surface area contributed by atoms with Gasteiger partial charge in [-0.3, -0.25) is 0 Å². The van der Waals surface area contributed by atoms with E-state index in [2.05, 4.69) is 5.32 Å². The quantitative estimate of drug-likeness (QED) is 0.833. The average Bonchev–Trinajstić information content (AvgIpc) is 2.76. The molecule has 1 saturated heterocycles. The first-order valence-electron chi connectivity index (χ1n) is 5.26. The third-order valence-corrected chi connectivity index (χ3v) is 2.98. The SMILES string of the molecule is O=C1NC(c2cc(Cl)c3c(c2)OCCO3)CO1. The van der Waals surface area contributed by atoms with E-state index in [1.807, 2.05) is 6.07 Å². The van der Waals surface area contributed by atoms with Crippen molar-refractivity contribution in [1.82, 2.24) is 5.32 Å². The molecule has 90 valence electrons. The molecule has 17 heavy (non-hydrogen) atoms. The van der Waals surface area contributed by atoms with Gasteiger partial charge in [-0.25, -0.2) is 4.79 Å². The lowest BCUT2D eigenvalue weighted by atomic mass is 10.1. The Hall–Kier alpha value is -1.62. The highest BCUT2D eigenvalue weighted by Gasteiger charge is 2.26. The summed E-state index contributed by atoms with van der Waals surface area (Å²) in [5.74, 6) is 1.17. The molecule has 0 bridgehead atoms.